The molecule has 2 N–H and O–H groups in total. The van der Waals surface area contributed by atoms with E-state index in [9.17, 15) is 0 Å². The molecule has 0 aliphatic carbocycles. The first-order valence-electron chi connectivity index (χ1n) is 7.41. The molecule has 3 rings (SSSR count). The number of hydrogen-bond acceptors (Lipinski definition) is 3. The molecule has 0 bridgehead atoms. The summed E-state index contributed by atoms with van der Waals surface area (Å²) in [6, 6.07) is 10.3. The summed E-state index contributed by atoms with van der Waals surface area (Å²) in [7, 11) is 1.72. The quantitative estimate of drug-likeness (QED) is 0.633. The van der Waals surface area contributed by atoms with Crippen molar-refractivity contribution in [2.45, 2.75) is 18.5 Å². The molecule has 3 heterocycles. The second-order valence-corrected chi connectivity index (χ2v) is 5.68. The fourth-order valence-corrected chi connectivity index (χ4v) is 3.22. The van der Waals surface area contributed by atoms with E-state index in [1.807, 2.05) is 36.7 Å². The molecule has 116 valence electrons. The summed E-state index contributed by atoms with van der Waals surface area (Å²) in [5, 5.41) is 4.19. The van der Waals surface area contributed by atoms with Crippen LogP contribution in [0.15, 0.2) is 42.7 Å². The lowest BCUT2D eigenvalue weighted by Crippen LogP contribution is -2.31. The van der Waals surface area contributed by atoms with Gasteiger partial charge in [0.25, 0.3) is 0 Å². The zero-order valence-corrected chi connectivity index (χ0v) is 13.3. The first-order valence-corrected chi connectivity index (χ1v) is 7.82. The Morgan fingerprint density at radius 1 is 1.32 bits per heavy atom. The Balaban J connectivity index is 1.88. The highest BCUT2D eigenvalue weighted by atomic mass is 32.1. The van der Waals surface area contributed by atoms with Gasteiger partial charge in [-0.1, -0.05) is 6.07 Å². The Morgan fingerprint density at radius 3 is 2.91 bits per heavy atom. The minimum atomic E-state index is 0.0508. The molecule has 2 aromatic rings. The van der Waals surface area contributed by atoms with Crippen LogP contribution in [-0.4, -0.2) is 40.2 Å². The van der Waals surface area contributed by atoms with Crippen LogP contribution in [0.3, 0.4) is 0 Å². The third kappa shape index (κ3) is 2.98. The third-order valence-electron chi connectivity index (χ3n) is 3.89. The van der Waals surface area contributed by atoms with E-state index in [1.165, 1.54) is 0 Å². The summed E-state index contributed by atoms with van der Waals surface area (Å²) in [5.41, 5.74) is 2.14. The van der Waals surface area contributed by atoms with Crippen molar-refractivity contribution in [3.63, 3.8) is 0 Å². The zero-order chi connectivity index (χ0) is 15.4. The van der Waals surface area contributed by atoms with Crippen molar-refractivity contribution < 1.29 is 4.74 Å². The molecule has 2 atom stereocenters. The summed E-state index contributed by atoms with van der Waals surface area (Å²) in [6.07, 6.45) is 4.70. The SMILES string of the molecule is COCCCN1C(=S)N[C@H](c2ccccn2)[C@@H]1c1ccc[nH]1. The fourth-order valence-electron chi connectivity index (χ4n) is 2.89. The lowest BCUT2D eigenvalue weighted by atomic mass is 10.0. The number of thiocarbonyl (C=S) groups is 1. The van der Waals surface area contributed by atoms with Gasteiger partial charge in [-0.3, -0.25) is 4.98 Å². The van der Waals surface area contributed by atoms with E-state index in [-0.39, 0.29) is 12.1 Å². The van der Waals surface area contributed by atoms with Gasteiger partial charge in [-0.2, -0.15) is 0 Å². The summed E-state index contributed by atoms with van der Waals surface area (Å²) in [5.74, 6) is 0. The van der Waals surface area contributed by atoms with Gasteiger partial charge in [-0.25, -0.2) is 0 Å². The number of pyridine rings is 1. The number of methoxy groups -OCH3 is 1. The Bertz CT molecular complexity index is 602. The van der Waals surface area contributed by atoms with Gasteiger partial charge in [-0.05, 0) is 42.9 Å². The van der Waals surface area contributed by atoms with E-state index in [0.29, 0.717) is 0 Å². The highest BCUT2D eigenvalue weighted by Crippen LogP contribution is 2.37. The average molecular weight is 316 g/mol. The molecule has 0 unspecified atom stereocenters. The molecule has 6 heteroatoms. The van der Waals surface area contributed by atoms with Gasteiger partial charge >= 0.3 is 0 Å². The molecule has 0 spiro atoms. The van der Waals surface area contributed by atoms with Crippen LogP contribution in [0.5, 0.6) is 0 Å². The van der Waals surface area contributed by atoms with Gasteiger partial charge in [0.1, 0.15) is 0 Å². The van der Waals surface area contributed by atoms with E-state index < -0.39 is 0 Å². The molecule has 0 amide bonds. The van der Waals surface area contributed by atoms with Gasteiger partial charge in [0, 0.05) is 38.3 Å². The molecule has 0 saturated carbocycles. The van der Waals surface area contributed by atoms with Crippen molar-refractivity contribution in [3.05, 3.63) is 54.1 Å². The second-order valence-electron chi connectivity index (χ2n) is 5.29. The normalized spacial score (nSPS) is 21.1. The number of nitrogens with zero attached hydrogens (tertiary/aromatic N) is 2. The number of ether oxygens (including phenoxy) is 1. The van der Waals surface area contributed by atoms with E-state index in [0.717, 1.165) is 36.1 Å². The number of hydrogen-bond donors (Lipinski definition) is 2. The molecule has 1 fully saturated rings. The minimum Gasteiger partial charge on any atom is -0.385 e. The number of aromatic nitrogens is 2. The highest BCUT2D eigenvalue weighted by molar-refractivity contribution is 7.80. The molecule has 1 aliphatic heterocycles. The van der Waals surface area contributed by atoms with Crippen LogP contribution in [-0.2, 0) is 4.74 Å². The molecule has 0 radical (unpaired) electrons. The van der Waals surface area contributed by atoms with Gasteiger partial charge in [-0.15, -0.1) is 0 Å². The smallest absolute Gasteiger partial charge is 0.170 e. The van der Waals surface area contributed by atoms with Gasteiger partial charge in [0.15, 0.2) is 5.11 Å². The largest absolute Gasteiger partial charge is 0.385 e. The van der Waals surface area contributed by atoms with Crippen molar-refractivity contribution in [1.82, 2.24) is 20.2 Å². The summed E-state index contributed by atoms with van der Waals surface area (Å²) >= 11 is 5.55. The predicted molar refractivity (Wildman–Crippen MR) is 89.4 cm³/mol. The zero-order valence-electron chi connectivity index (χ0n) is 12.5. The minimum absolute atomic E-state index is 0.0508. The molecular formula is C16H20N4OS. The van der Waals surface area contributed by atoms with Gasteiger partial charge < -0.3 is 19.9 Å². The topological polar surface area (TPSA) is 53.2 Å². The molecule has 22 heavy (non-hydrogen) atoms. The highest BCUT2D eigenvalue weighted by Gasteiger charge is 2.39. The van der Waals surface area contributed by atoms with Crippen molar-refractivity contribution >= 4 is 17.3 Å². The van der Waals surface area contributed by atoms with Gasteiger partial charge in [0.05, 0.1) is 17.8 Å². The van der Waals surface area contributed by atoms with Crippen LogP contribution in [0, 0.1) is 0 Å². The lowest BCUT2D eigenvalue weighted by molar-refractivity contribution is 0.180. The van der Waals surface area contributed by atoms with E-state index in [1.54, 1.807) is 7.11 Å². The maximum absolute atomic E-state index is 5.55. The predicted octanol–water partition coefficient (Wildman–Crippen LogP) is 2.42. The standard InChI is InChI=1S/C16H20N4OS/c1-21-11-5-10-20-15(13-7-4-9-18-13)14(19-16(20)22)12-6-2-3-8-17-12/h2-4,6-9,14-15,18H,5,10-11H2,1H3,(H,19,22)/t14-,15+/m1/s1. The van der Waals surface area contributed by atoms with Crippen LogP contribution in [0.1, 0.15) is 29.9 Å². The van der Waals surface area contributed by atoms with Crippen LogP contribution in [0.2, 0.25) is 0 Å². The Kier molecular flexibility index (Phi) is 4.70. The summed E-state index contributed by atoms with van der Waals surface area (Å²) in [6.45, 7) is 1.58. The average Bonchev–Trinajstić information content (AvgIpc) is 3.17. The number of rotatable bonds is 6. The second kappa shape index (κ2) is 6.89. The molecule has 0 aromatic carbocycles. The summed E-state index contributed by atoms with van der Waals surface area (Å²) in [4.78, 5) is 10.0. The monoisotopic (exact) mass is 316 g/mol. The number of H-pyrrole nitrogens is 1. The maximum Gasteiger partial charge on any atom is 0.170 e. The van der Waals surface area contributed by atoms with Crippen molar-refractivity contribution in [1.29, 1.82) is 0 Å². The Morgan fingerprint density at radius 2 is 2.23 bits per heavy atom. The first kappa shape index (κ1) is 15.0. The number of nitrogens with one attached hydrogen (secondary N) is 2. The molecule has 1 saturated heterocycles. The first-order chi connectivity index (χ1) is 10.8. The van der Waals surface area contributed by atoms with Gasteiger partial charge in [0.2, 0.25) is 0 Å². The molecule has 5 nitrogen and oxygen atoms in total. The van der Waals surface area contributed by atoms with Crippen molar-refractivity contribution in [3.8, 4) is 0 Å². The van der Waals surface area contributed by atoms with Crippen LogP contribution in [0.25, 0.3) is 0 Å². The van der Waals surface area contributed by atoms with Crippen LogP contribution >= 0.6 is 12.2 Å². The van der Waals surface area contributed by atoms with Crippen LogP contribution < -0.4 is 5.32 Å². The van der Waals surface area contributed by atoms with Crippen molar-refractivity contribution in [2.24, 2.45) is 0 Å². The van der Waals surface area contributed by atoms with Crippen LogP contribution in [0.4, 0.5) is 0 Å². The van der Waals surface area contributed by atoms with E-state index in [4.69, 9.17) is 17.0 Å². The number of aromatic amines is 1. The van der Waals surface area contributed by atoms with E-state index >= 15 is 0 Å². The molecule has 2 aromatic heterocycles. The lowest BCUT2D eigenvalue weighted by Gasteiger charge is -2.26. The van der Waals surface area contributed by atoms with E-state index in [2.05, 4.69) is 26.3 Å². The third-order valence-corrected chi connectivity index (χ3v) is 4.24. The molecular weight excluding hydrogens is 296 g/mol. The Hall–Kier alpha value is -1.92. The maximum atomic E-state index is 5.55. The molecule has 1 aliphatic rings. The fraction of sp³-hybridized carbons (Fsp3) is 0.375. The Labute approximate surface area is 135 Å². The van der Waals surface area contributed by atoms with Crippen molar-refractivity contribution in [2.75, 3.05) is 20.3 Å². The summed E-state index contributed by atoms with van der Waals surface area (Å²) < 4.78 is 5.16.